The van der Waals surface area contributed by atoms with Crippen LogP contribution in [0, 0.1) is 17.3 Å². The average molecular weight is 305 g/mol. The fourth-order valence-electron chi connectivity index (χ4n) is 3.10. The molecule has 0 heterocycles. The summed E-state index contributed by atoms with van der Waals surface area (Å²) in [6.45, 7) is 8.42. The van der Waals surface area contributed by atoms with Crippen LogP contribution in [0.3, 0.4) is 0 Å². The van der Waals surface area contributed by atoms with Crippen LogP contribution < -0.4 is 5.73 Å². The van der Waals surface area contributed by atoms with E-state index < -0.39 is 9.84 Å². The second kappa shape index (κ2) is 6.75. The van der Waals surface area contributed by atoms with Crippen molar-refractivity contribution in [1.82, 2.24) is 4.90 Å². The summed E-state index contributed by atoms with van der Waals surface area (Å²) in [5.74, 6) is 1.43. The summed E-state index contributed by atoms with van der Waals surface area (Å²) in [5, 5.41) is 0. The molecule has 0 aliphatic heterocycles. The van der Waals surface area contributed by atoms with E-state index in [0.717, 1.165) is 25.3 Å². The molecule has 0 radical (unpaired) electrons. The first-order valence-corrected chi connectivity index (χ1v) is 9.67. The third-order valence-electron chi connectivity index (χ3n) is 4.66. The van der Waals surface area contributed by atoms with Crippen molar-refractivity contribution < 1.29 is 8.42 Å². The second-order valence-electron chi connectivity index (χ2n) is 7.69. The zero-order valence-electron chi connectivity index (χ0n) is 13.7. The molecule has 5 heteroatoms. The van der Waals surface area contributed by atoms with Gasteiger partial charge in [0.2, 0.25) is 0 Å². The van der Waals surface area contributed by atoms with Crippen molar-refractivity contribution in [1.29, 1.82) is 0 Å². The molecule has 0 aromatic heterocycles. The standard InChI is InChI=1S/C15H32N2O2S/c1-15(2,3)13-6-7-14(16)12(10-13)11-17(4)8-9-20(5,18)19/h12-14H,6-11,16H2,1-5H3. The molecule has 3 unspecified atom stereocenters. The Morgan fingerprint density at radius 2 is 1.85 bits per heavy atom. The van der Waals surface area contributed by atoms with E-state index >= 15 is 0 Å². The molecule has 0 saturated heterocycles. The van der Waals surface area contributed by atoms with Crippen molar-refractivity contribution in [3.05, 3.63) is 0 Å². The fraction of sp³-hybridized carbons (Fsp3) is 1.00. The number of rotatable bonds is 5. The molecule has 1 rings (SSSR count). The Morgan fingerprint density at radius 3 is 2.35 bits per heavy atom. The highest BCUT2D eigenvalue weighted by Crippen LogP contribution is 2.39. The predicted molar refractivity (Wildman–Crippen MR) is 85.5 cm³/mol. The Kier molecular flexibility index (Phi) is 6.05. The molecule has 2 N–H and O–H groups in total. The highest BCUT2D eigenvalue weighted by atomic mass is 32.2. The molecule has 1 aliphatic rings. The quantitative estimate of drug-likeness (QED) is 0.840. The average Bonchev–Trinajstić information content (AvgIpc) is 2.27. The first-order valence-electron chi connectivity index (χ1n) is 7.61. The molecular weight excluding hydrogens is 272 g/mol. The van der Waals surface area contributed by atoms with E-state index in [2.05, 4.69) is 25.7 Å². The zero-order chi connectivity index (χ0) is 15.6. The van der Waals surface area contributed by atoms with Crippen molar-refractivity contribution in [2.45, 2.75) is 46.1 Å². The van der Waals surface area contributed by atoms with Gasteiger partial charge in [0.15, 0.2) is 0 Å². The number of sulfone groups is 1. The number of nitrogens with zero attached hydrogens (tertiary/aromatic N) is 1. The van der Waals surface area contributed by atoms with Gasteiger partial charge in [-0.2, -0.15) is 0 Å². The zero-order valence-corrected chi connectivity index (χ0v) is 14.5. The van der Waals surface area contributed by atoms with Crippen LogP contribution >= 0.6 is 0 Å². The minimum atomic E-state index is -2.88. The normalized spacial score (nSPS) is 28.9. The van der Waals surface area contributed by atoms with E-state index in [1.165, 1.54) is 12.7 Å². The molecule has 120 valence electrons. The summed E-state index contributed by atoms with van der Waals surface area (Å²) < 4.78 is 22.4. The van der Waals surface area contributed by atoms with Gasteiger partial charge in [0.25, 0.3) is 0 Å². The third-order valence-corrected chi connectivity index (χ3v) is 5.58. The SMILES string of the molecule is CN(CCS(C)(=O)=O)CC1CC(C(C)(C)C)CCC1N. The molecule has 0 aromatic carbocycles. The van der Waals surface area contributed by atoms with Crippen LogP contribution in [0.15, 0.2) is 0 Å². The van der Waals surface area contributed by atoms with E-state index in [4.69, 9.17) is 5.73 Å². The van der Waals surface area contributed by atoms with Crippen LogP contribution in [0.4, 0.5) is 0 Å². The maximum Gasteiger partial charge on any atom is 0.148 e. The molecular formula is C15H32N2O2S. The number of hydrogen-bond donors (Lipinski definition) is 1. The van der Waals surface area contributed by atoms with Crippen molar-refractivity contribution in [2.24, 2.45) is 23.0 Å². The van der Waals surface area contributed by atoms with Gasteiger partial charge in [-0.1, -0.05) is 20.8 Å². The van der Waals surface area contributed by atoms with Crippen LogP contribution in [-0.2, 0) is 9.84 Å². The van der Waals surface area contributed by atoms with Crippen LogP contribution in [-0.4, -0.2) is 51.5 Å². The molecule has 0 amide bonds. The maximum atomic E-state index is 11.2. The molecule has 1 aliphatic carbocycles. The van der Waals surface area contributed by atoms with E-state index in [9.17, 15) is 8.42 Å². The van der Waals surface area contributed by atoms with Crippen molar-refractivity contribution in [3.8, 4) is 0 Å². The monoisotopic (exact) mass is 304 g/mol. The van der Waals surface area contributed by atoms with Crippen LogP contribution in [0.2, 0.25) is 0 Å². The van der Waals surface area contributed by atoms with Gasteiger partial charge in [0.1, 0.15) is 9.84 Å². The van der Waals surface area contributed by atoms with Gasteiger partial charge in [0, 0.05) is 25.4 Å². The lowest BCUT2D eigenvalue weighted by Crippen LogP contribution is -2.45. The fourth-order valence-corrected chi connectivity index (χ4v) is 3.74. The lowest BCUT2D eigenvalue weighted by Gasteiger charge is -2.41. The molecule has 0 spiro atoms. The molecule has 4 nitrogen and oxygen atoms in total. The van der Waals surface area contributed by atoms with E-state index in [1.54, 1.807) is 0 Å². The minimum absolute atomic E-state index is 0.230. The summed E-state index contributed by atoms with van der Waals surface area (Å²) in [4.78, 5) is 2.12. The molecule has 0 bridgehead atoms. The van der Waals surface area contributed by atoms with Crippen molar-refractivity contribution >= 4 is 9.84 Å². The Labute approximate surface area is 125 Å². The molecule has 3 atom stereocenters. The van der Waals surface area contributed by atoms with Gasteiger partial charge in [-0.25, -0.2) is 8.42 Å². The first kappa shape index (κ1) is 17.9. The number of nitrogens with two attached hydrogens (primary N) is 1. The van der Waals surface area contributed by atoms with Gasteiger partial charge in [-0.3, -0.25) is 0 Å². The summed E-state index contributed by atoms with van der Waals surface area (Å²) in [5.41, 5.74) is 6.61. The predicted octanol–water partition coefficient (Wildman–Crippen LogP) is 1.75. The maximum absolute atomic E-state index is 11.2. The molecule has 20 heavy (non-hydrogen) atoms. The summed E-state index contributed by atoms with van der Waals surface area (Å²) >= 11 is 0. The lowest BCUT2D eigenvalue weighted by molar-refractivity contribution is 0.107. The second-order valence-corrected chi connectivity index (χ2v) is 9.95. The van der Waals surface area contributed by atoms with Gasteiger partial charge in [-0.05, 0) is 43.6 Å². The van der Waals surface area contributed by atoms with Gasteiger partial charge < -0.3 is 10.6 Å². The third kappa shape index (κ3) is 6.10. The van der Waals surface area contributed by atoms with Crippen LogP contribution in [0.25, 0.3) is 0 Å². The summed E-state index contributed by atoms with van der Waals surface area (Å²) in [6.07, 6.45) is 4.76. The minimum Gasteiger partial charge on any atom is -0.327 e. The van der Waals surface area contributed by atoms with Gasteiger partial charge >= 0.3 is 0 Å². The molecule has 1 saturated carbocycles. The van der Waals surface area contributed by atoms with E-state index in [0.29, 0.717) is 17.9 Å². The van der Waals surface area contributed by atoms with Crippen LogP contribution in [0.5, 0.6) is 0 Å². The Hall–Kier alpha value is -0.130. The summed E-state index contributed by atoms with van der Waals surface area (Å²) in [7, 11) is -0.882. The topological polar surface area (TPSA) is 63.4 Å². The van der Waals surface area contributed by atoms with Crippen LogP contribution in [0.1, 0.15) is 40.0 Å². The van der Waals surface area contributed by atoms with Crippen molar-refractivity contribution in [3.63, 3.8) is 0 Å². The highest BCUT2D eigenvalue weighted by Gasteiger charge is 2.34. The first-order chi connectivity index (χ1) is 8.99. The Balaban J connectivity index is 2.52. The summed E-state index contributed by atoms with van der Waals surface area (Å²) in [6, 6.07) is 0.259. The van der Waals surface area contributed by atoms with Gasteiger partial charge in [-0.15, -0.1) is 0 Å². The van der Waals surface area contributed by atoms with Gasteiger partial charge in [0.05, 0.1) is 5.75 Å². The number of hydrogen-bond acceptors (Lipinski definition) is 4. The van der Waals surface area contributed by atoms with E-state index in [-0.39, 0.29) is 11.8 Å². The Bertz CT molecular complexity index is 401. The smallest absolute Gasteiger partial charge is 0.148 e. The lowest BCUT2D eigenvalue weighted by atomic mass is 9.67. The highest BCUT2D eigenvalue weighted by molar-refractivity contribution is 7.90. The Morgan fingerprint density at radius 1 is 1.25 bits per heavy atom. The van der Waals surface area contributed by atoms with Crippen molar-refractivity contribution in [2.75, 3.05) is 32.1 Å². The molecule has 0 aromatic rings. The van der Waals surface area contributed by atoms with E-state index in [1.807, 2.05) is 7.05 Å². The largest absolute Gasteiger partial charge is 0.327 e. The molecule has 1 fully saturated rings.